The summed E-state index contributed by atoms with van der Waals surface area (Å²) in [5.41, 5.74) is 1.22. The molecule has 0 bridgehead atoms. The van der Waals surface area contributed by atoms with Crippen molar-refractivity contribution >= 4 is 64.6 Å². The van der Waals surface area contributed by atoms with E-state index in [0.717, 1.165) is 29.1 Å². The molecule has 0 amide bonds. The molecule has 2 N–H and O–H groups in total. The first kappa shape index (κ1) is 22.5. The molecule has 25 heavy (non-hydrogen) atoms. The molecule has 0 radical (unpaired) electrons. The number of benzene rings is 1. The lowest BCUT2D eigenvalue weighted by atomic mass is 10.1. The Morgan fingerprint density at radius 1 is 1.40 bits per heavy atom. The molecular weight excluding hydrogens is 487 g/mol. The van der Waals surface area contributed by atoms with E-state index in [1.165, 1.54) is 10.4 Å². The average molecular weight is 511 g/mol. The second kappa shape index (κ2) is 12.0. The van der Waals surface area contributed by atoms with Gasteiger partial charge in [0, 0.05) is 34.4 Å². The third-order valence-electron chi connectivity index (χ3n) is 3.35. The fraction of sp³-hybridized carbons (Fsp3) is 0.412. The molecule has 0 fully saturated rings. The van der Waals surface area contributed by atoms with Crippen molar-refractivity contribution in [1.29, 1.82) is 0 Å². The van der Waals surface area contributed by atoms with Crippen molar-refractivity contribution in [2.75, 3.05) is 19.3 Å². The summed E-state index contributed by atoms with van der Waals surface area (Å²) in [7, 11) is 0. The lowest BCUT2D eigenvalue weighted by Crippen LogP contribution is -2.39. The van der Waals surface area contributed by atoms with Gasteiger partial charge in [-0.1, -0.05) is 23.7 Å². The fourth-order valence-electron chi connectivity index (χ4n) is 2.20. The average Bonchev–Trinajstić information content (AvgIpc) is 2.98. The van der Waals surface area contributed by atoms with Crippen LogP contribution in [0.2, 0.25) is 5.02 Å². The molecule has 2 rings (SSSR count). The number of aryl methyl sites for hydroxylation is 1. The summed E-state index contributed by atoms with van der Waals surface area (Å²) in [6.07, 6.45) is 3.99. The normalized spacial score (nSPS) is 12.4. The van der Waals surface area contributed by atoms with Gasteiger partial charge in [0.05, 0.1) is 6.54 Å². The molecule has 0 saturated heterocycles. The van der Waals surface area contributed by atoms with Crippen molar-refractivity contribution in [1.82, 2.24) is 15.6 Å². The van der Waals surface area contributed by atoms with Gasteiger partial charge in [0.2, 0.25) is 0 Å². The van der Waals surface area contributed by atoms with Crippen LogP contribution in [0.5, 0.6) is 0 Å². The standard InChI is InChI=1S/C17H23ClN4S2.HI/c1-4-19-17(22-11-16-20-9-12(2)24-16)21-10-15(23-3)13-6-5-7-14(18)8-13;/h5-9,15H,4,10-11H2,1-3H3,(H2,19,21,22);1H. The third kappa shape index (κ3) is 7.72. The van der Waals surface area contributed by atoms with E-state index in [4.69, 9.17) is 11.6 Å². The van der Waals surface area contributed by atoms with Crippen molar-refractivity contribution in [2.45, 2.75) is 25.6 Å². The molecule has 1 aromatic heterocycles. The summed E-state index contributed by atoms with van der Waals surface area (Å²) in [6, 6.07) is 8.02. The number of aromatic nitrogens is 1. The smallest absolute Gasteiger partial charge is 0.191 e. The lowest BCUT2D eigenvalue weighted by Gasteiger charge is -2.18. The number of hydrogen-bond acceptors (Lipinski definition) is 4. The summed E-state index contributed by atoms with van der Waals surface area (Å²) in [4.78, 5) is 10.2. The Bertz CT molecular complexity index is 678. The first-order valence-corrected chi connectivity index (χ1v) is 10.3. The third-order valence-corrected chi connectivity index (χ3v) is 5.49. The number of thioether (sulfide) groups is 1. The maximum absolute atomic E-state index is 6.11. The molecule has 4 nitrogen and oxygen atoms in total. The molecule has 0 aliphatic heterocycles. The van der Waals surface area contributed by atoms with E-state index in [1.807, 2.05) is 24.4 Å². The molecule has 0 spiro atoms. The molecule has 1 unspecified atom stereocenters. The van der Waals surface area contributed by atoms with E-state index in [9.17, 15) is 0 Å². The summed E-state index contributed by atoms with van der Waals surface area (Å²) in [5.74, 6) is 0.812. The van der Waals surface area contributed by atoms with E-state index in [2.05, 4.69) is 46.8 Å². The molecule has 8 heteroatoms. The van der Waals surface area contributed by atoms with Gasteiger partial charge in [0.15, 0.2) is 5.96 Å². The van der Waals surface area contributed by atoms with E-state index in [1.54, 1.807) is 23.1 Å². The minimum atomic E-state index is 0. The zero-order chi connectivity index (χ0) is 17.4. The van der Waals surface area contributed by atoms with Gasteiger partial charge < -0.3 is 10.6 Å². The molecule has 0 aliphatic rings. The number of thiazole rings is 1. The fourth-order valence-corrected chi connectivity index (χ4v) is 3.78. The molecule has 1 aromatic carbocycles. The van der Waals surface area contributed by atoms with Gasteiger partial charge in [0.25, 0.3) is 0 Å². The molecule has 1 atom stereocenters. The van der Waals surface area contributed by atoms with E-state index >= 15 is 0 Å². The maximum Gasteiger partial charge on any atom is 0.191 e. The number of nitrogens with one attached hydrogen (secondary N) is 2. The Hall–Kier alpha value is -0.510. The van der Waals surface area contributed by atoms with Crippen molar-refractivity contribution in [3.8, 4) is 0 Å². The van der Waals surface area contributed by atoms with Crippen molar-refractivity contribution in [2.24, 2.45) is 4.99 Å². The second-order valence-electron chi connectivity index (χ2n) is 5.22. The number of aliphatic imine (C=N–C) groups is 1. The van der Waals surface area contributed by atoms with Crippen LogP contribution in [0.3, 0.4) is 0 Å². The SMILES string of the molecule is CCNC(=NCc1ncc(C)s1)NCC(SC)c1cccc(Cl)c1.I. The number of hydrogen-bond donors (Lipinski definition) is 2. The highest BCUT2D eigenvalue weighted by molar-refractivity contribution is 14.0. The Morgan fingerprint density at radius 3 is 2.80 bits per heavy atom. The van der Waals surface area contributed by atoms with E-state index in [-0.39, 0.29) is 24.0 Å². The number of halogens is 2. The number of rotatable bonds is 7. The summed E-state index contributed by atoms with van der Waals surface area (Å²) < 4.78 is 0. The van der Waals surface area contributed by atoms with Crippen LogP contribution >= 0.6 is 58.7 Å². The highest BCUT2D eigenvalue weighted by atomic mass is 127. The number of guanidine groups is 1. The topological polar surface area (TPSA) is 49.3 Å². The first-order valence-electron chi connectivity index (χ1n) is 7.84. The van der Waals surface area contributed by atoms with Crippen LogP contribution in [0.25, 0.3) is 0 Å². The highest BCUT2D eigenvalue weighted by Gasteiger charge is 2.11. The van der Waals surface area contributed by atoms with Gasteiger partial charge in [-0.05, 0) is 37.8 Å². The monoisotopic (exact) mass is 510 g/mol. The van der Waals surface area contributed by atoms with Crippen LogP contribution in [0.15, 0.2) is 35.5 Å². The van der Waals surface area contributed by atoms with Crippen LogP contribution in [-0.4, -0.2) is 30.3 Å². The van der Waals surface area contributed by atoms with E-state index < -0.39 is 0 Å². The van der Waals surface area contributed by atoms with Gasteiger partial charge in [-0.3, -0.25) is 0 Å². The summed E-state index contributed by atoms with van der Waals surface area (Å²) in [5, 5.41) is 8.81. The predicted octanol–water partition coefficient (Wildman–Crippen LogP) is 4.88. The number of nitrogens with zero attached hydrogens (tertiary/aromatic N) is 2. The minimum Gasteiger partial charge on any atom is -0.357 e. The van der Waals surface area contributed by atoms with Gasteiger partial charge in [-0.25, -0.2) is 9.98 Å². The summed E-state index contributed by atoms with van der Waals surface area (Å²) >= 11 is 9.58. The van der Waals surface area contributed by atoms with Crippen LogP contribution in [0, 0.1) is 6.92 Å². The van der Waals surface area contributed by atoms with Gasteiger partial charge in [0.1, 0.15) is 5.01 Å². The predicted molar refractivity (Wildman–Crippen MR) is 123 cm³/mol. The van der Waals surface area contributed by atoms with Crippen LogP contribution in [0.1, 0.15) is 27.6 Å². The van der Waals surface area contributed by atoms with Crippen molar-refractivity contribution in [3.63, 3.8) is 0 Å². The Balaban J connectivity index is 0.00000312. The summed E-state index contributed by atoms with van der Waals surface area (Å²) in [6.45, 7) is 6.32. The first-order chi connectivity index (χ1) is 11.6. The van der Waals surface area contributed by atoms with Gasteiger partial charge >= 0.3 is 0 Å². The lowest BCUT2D eigenvalue weighted by molar-refractivity contribution is 0.790. The largest absolute Gasteiger partial charge is 0.357 e. The maximum atomic E-state index is 6.11. The molecule has 0 saturated carbocycles. The molecule has 1 heterocycles. The van der Waals surface area contributed by atoms with Crippen LogP contribution in [0.4, 0.5) is 0 Å². The molecule has 0 aliphatic carbocycles. The zero-order valence-electron chi connectivity index (χ0n) is 14.6. The minimum absolute atomic E-state index is 0. The molecule has 2 aromatic rings. The second-order valence-corrected chi connectivity index (χ2v) is 8.02. The van der Waals surface area contributed by atoms with Crippen molar-refractivity contribution in [3.05, 3.63) is 50.9 Å². The molecular formula is C17H24ClIN4S2. The Kier molecular flexibility index (Phi) is 10.8. The molecule has 138 valence electrons. The quantitative estimate of drug-likeness (QED) is 0.317. The van der Waals surface area contributed by atoms with Gasteiger partial charge in [-0.15, -0.1) is 35.3 Å². The highest BCUT2D eigenvalue weighted by Crippen LogP contribution is 2.27. The van der Waals surface area contributed by atoms with E-state index in [0.29, 0.717) is 11.8 Å². The van der Waals surface area contributed by atoms with Crippen LogP contribution in [-0.2, 0) is 6.54 Å². The van der Waals surface area contributed by atoms with Gasteiger partial charge in [-0.2, -0.15) is 11.8 Å². The Labute approximate surface area is 180 Å². The Morgan fingerprint density at radius 2 is 2.20 bits per heavy atom. The van der Waals surface area contributed by atoms with Crippen molar-refractivity contribution < 1.29 is 0 Å². The zero-order valence-corrected chi connectivity index (χ0v) is 19.3. The van der Waals surface area contributed by atoms with Crippen LogP contribution < -0.4 is 10.6 Å².